The van der Waals surface area contributed by atoms with Gasteiger partial charge in [0.25, 0.3) is 11.6 Å². The molecule has 0 aliphatic carbocycles. The lowest BCUT2D eigenvalue weighted by Crippen LogP contribution is -2.14. The molecule has 2 aromatic rings. The highest BCUT2D eigenvalue weighted by molar-refractivity contribution is 6.05. The molecule has 1 aromatic heterocycles. The number of benzene rings is 1. The zero-order valence-electron chi connectivity index (χ0n) is 11.2. The first-order valence-corrected chi connectivity index (χ1v) is 6.11. The van der Waals surface area contributed by atoms with Gasteiger partial charge in [0.2, 0.25) is 0 Å². The fraction of sp³-hybridized carbons (Fsp3) is 0.231. The molecule has 1 aromatic carbocycles. The fourth-order valence-electron chi connectivity index (χ4n) is 1.92. The molecule has 0 spiro atoms. The largest absolute Gasteiger partial charge is 0.316 e. The first-order chi connectivity index (χ1) is 9.54. The number of carbonyl (C=O) groups excluding carboxylic acids is 1. The van der Waals surface area contributed by atoms with Crippen molar-refractivity contribution in [3.8, 4) is 0 Å². The molecule has 20 heavy (non-hydrogen) atoms. The van der Waals surface area contributed by atoms with E-state index < -0.39 is 10.8 Å². The molecule has 0 fully saturated rings. The van der Waals surface area contributed by atoms with E-state index in [-0.39, 0.29) is 11.4 Å². The van der Waals surface area contributed by atoms with Crippen LogP contribution in [0.25, 0.3) is 0 Å². The molecule has 0 aliphatic rings. The van der Waals surface area contributed by atoms with Crippen molar-refractivity contribution in [1.82, 2.24) is 9.78 Å². The topological polar surface area (TPSA) is 90.1 Å². The van der Waals surface area contributed by atoms with Gasteiger partial charge in [-0.25, -0.2) is 0 Å². The molecule has 7 heteroatoms. The summed E-state index contributed by atoms with van der Waals surface area (Å²) in [6.45, 7) is 4.36. The van der Waals surface area contributed by atoms with E-state index >= 15 is 0 Å². The van der Waals surface area contributed by atoms with Crippen LogP contribution in [0, 0.1) is 17.0 Å². The summed E-state index contributed by atoms with van der Waals surface area (Å²) in [6, 6.07) is 6.02. The standard InChI is InChI=1S/C13H14N4O3/c1-3-16-9(2)10(8-14-16)13(18)15-11-6-4-5-7-12(11)17(19)20/h4-8H,3H2,1-2H3,(H,15,18). The Kier molecular flexibility index (Phi) is 3.79. The minimum atomic E-state index is -0.530. The second kappa shape index (κ2) is 5.52. The molecule has 0 bridgehead atoms. The summed E-state index contributed by atoms with van der Waals surface area (Å²) in [5.74, 6) is -0.406. The number of nitro groups is 1. The first-order valence-electron chi connectivity index (χ1n) is 6.11. The van der Waals surface area contributed by atoms with E-state index in [9.17, 15) is 14.9 Å². The highest BCUT2D eigenvalue weighted by Gasteiger charge is 2.18. The lowest BCUT2D eigenvalue weighted by atomic mass is 10.2. The summed E-state index contributed by atoms with van der Waals surface area (Å²) in [4.78, 5) is 22.5. The SMILES string of the molecule is CCn1ncc(C(=O)Nc2ccccc2[N+](=O)[O-])c1C. The molecule has 0 aliphatic heterocycles. The Hall–Kier alpha value is -2.70. The number of aryl methyl sites for hydroxylation is 1. The first kappa shape index (κ1) is 13.7. The molecule has 2 rings (SSSR count). The van der Waals surface area contributed by atoms with E-state index in [1.807, 2.05) is 6.92 Å². The van der Waals surface area contributed by atoms with Crippen molar-refractivity contribution in [2.45, 2.75) is 20.4 Å². The quantitative estimate of drug-likeness (QED) is 0.684. The summed E-state index contributed by atoms with van der Waals surface area (Å²) in [7, 11) is 0. The molecule has 7 nitrogen and oxygen atoms in total. The number of para-hydroxylation sites is 2. The van der Waals surface area contributed by atoms with Gasteiger partial charge in [0.1, 0.15) is 5.69 Å². The van der Waals surface area contributed by atoms with Gasteiger partial charge in [-0.15, -0.1) is 0 Å². The highest BCUT2D eigenvalue weighted by atomic mass is 16.6. The summed E-state index contributed by atoms with van der Waals surface area (Å²) in [6.07, 6.45) is 1.46. The molecule has 0 saturated heterocycles. The van der Waals surface area contributed by atoms with Gasteiger partial charge < -0.3 is 5.32 Å². The summed E-state index contributed by atoms with van der Waals surface area (Å²) < 4.78 is 1.69. The predicted octanol–water partition coefficient (Wildman–Crippen LogP) is 2.37. The Balaban J connectivity index is 2.28. The van der Waals surface area contributed by atoms with E-state index in [2.05, 4.69) is 10.4 Å². The number of anilines is 1. The fourth-order valence-corrected chi connectivity index (χ4v) is 1.92. The summed E-state index contributed by atoms with van der Waals surface area (Å²) in [5, 5.41) is 17.5. The molecular weight excluding hydrogens is 260 g/mol. The van der Waals surface area contributed by atoms with Gasteiger partial charge in [-0.05, 0) is 19.9 Å². The van der Waals surface area contributed by atoms with E-state index in [1.165, 1.54) is 18.3 Å². The van der Waals surface area contributed by atoms with Crippen LogP contribution in [0.1, 0.15) is 23.0 Å². The third-order valence-electron chi connectivity index (χ3n) is 3.00. The number of rotatable bonds is 4. The van der Waals surface area contributed by atoms with Gasteiger partial charge in [-0.3, -0.25) is 19.6 Å². The van der Waals surface area contributed by atoms with Crippen molar-refractivity contribution < 1.29 is 9.72 Å². The van der Waals surface area contributed by atoms with Crippen molar-refractivity contribution >= 4 is 17.3 Å². The minimum absolute atomic E-state index is 0.138. The number of nitro benzene ring substituents is 1. The lowest BCUT2D eigenvalue weighted by molar-refractivity contribution is -0.383. The van der Waals surface area contributed by atoms with E-state index in [4.69, 9.17) is 0 Å². The molecule has 0 saturated carbocycles. The molecule has 104 valence electrons. The van der Waals surface area contributed by atoms with Crippen LogP contribution in [0.4, 0.5) is 11.4 Å². The number of aromatic nitrogens is 2. The monoisotopic (exact) mass is 274 g/mol. The normalized spacial score (nSPS) is 10.3. The minimum Gasteiger partial charge on any atom is -0.316 e. The van der Waals surface area contributed by atoms with Gasteiger partial charge >= 0.3 is 0 Å². The van der Waals surface area contributed by atoms with Crippen LogP contribution >= 0.6 is 0 Å². The molecular formula is C13H14N4O3. The Morgan fingerprint density at radius 1 is 1.45 bits per heavy atom. The highest BCUT2D eigenvalue weighted by Crippen LogP contribution is 2.24. The van der Waals surface area contributed by atoms with Crippen LogP contribution in [-0.4, -0.2) is 20.6 Å². The van der Waals surface area contributed by atoms with Crippen molar-refractivity contribution in [2.75, 3.05) is 5.32 Å². The number of carbonyl (C=O) groups is 1. The number of amides is 1. The van der Waals surface area contributed by atoms with Crippen LogP contribution < -0.4 is 5.32 Å². The molecule has 1 amide bonds. The Bertz CT molecular complexity index is 663. The Morgan fingerprint density at radius 2 is 2.15 bits per heavy atom. The zero-order chi connectivity index (χ0) is 14.7. The molecule has 0 atom stereocenters. The van der Waals surface area contributed by atoms with Crippen molar-refractivity contribution in [2.24, 2.45) is 0 Å². The number of nitrogens with one attached hydrogen (secondary N) is 1. The van der Waals surface area contributed by atoms with E-state index in [0.717, 1.165) is 5.69 Å². The lowest BCUT2D eigenvalue weighted by Gasteiger charge is -2.05. The van der Waals surface area contributed by atoms with Crippen molar-refractivity contribution in [1.29, 1.82) is 0 Å². The Morgan fingerprint density at radius 3 is 2.75 bits per heavy atom. The molecule has 1 heterocycles. The smallest absolute Gasteiger partial charge is 0.292 e. The van der Waals surface area contributed by atoms with Crippen LogP contribution in [0.3, 0.4) is 0 Å². The molecule has 1 N–H and O–H groups in total. The number of hydrogen-bond donors (Lipinski definition) is 1. The van der Waals surface area contributed by atoms with E-state index in [0.29, 0.717) is 12.1 Å². The van der Waals surface area contributed by atoms with Gasteiger partial charge in [0, 0.05) is 18.3 Å². The van der Waals surface area contributed by atoms with Crippen LogP contribution in [0.5, 0.6) is 0 Å². The van der Waals surface area contributed by atoms with Gasteiger partial charge in [0.05, 0.1) is 16.7 Å². The average Bonchev–Trinajstić information content (AvgIpc) is 2.80. The maximum Gasteiger partial charge on any atom is 0.292 e. The molecule has 0 radical (unpaired) electrons. The van der Waals surface area contributed by atoms with Crippen molar-refractivity contribution in [3.63, 3.8) is 0 Å². The average molecular weight is 274 g/mol. The third kappa shape index (κ3) is 2.51. The van der Waals surface area contributed by atoms with Crippen LogP contribution in [-0.2, 0) is 6.54 Å². The zero-order valence-corrected chi connectivity index (χ0v) is 11.2. The molecule has 0 unspecified atom stereocenters. The Labute approximate surface area is 115 Å². The maximum atomic E-state index is 12.2. The van der Waals surface area contributed by atoms with Gasteiger partial charge in [-0.1, -0.05) is 12.1 Å². The van der Waals surface area contributed by atoms with E-state index in [1.54, 1.807) is 23.7 Å². The third-order valence-corrected chi connectivity index (χ3v) is 3.00. The second-order valence-electron chi connectivity index (χ2n) is 4.19. The van der Waals surface area contributed by atoms with Crippen LogP contribution in [0.15, 0.2) is 30.5 Å². The van der Waals surface area contributed by atoms with Gasteiger partial charge in [-0.2, -0.15) is 5.10 Å². The van der Waals surface area contributed by atoms with Crippen molar-refractivity contribution in [3.05, 3.63) is 51.8 Å². The summed E-state index contributed by atoms with van der Waals surface area (Å²) in [5.41, 5.74) is 1.17. The summed E-state index contributed by atoms with van der Waals surface area (Å²) >= 11 is 0. The number of nitrogens with zero attached hydrogens (tertiary/aromatic N) is 3. The maximum absolute atomic E-state index is 12.2. The van der Waals surface area contributed by atoms with Gasteiger partial charge in [0.15, 0.2) is 0 Å². The predicted molar refractivity (Wildman–Crippen MR) is 73.7 cm³/mol. The van der Waals surface area contributed by atoms with Crippen LogP contribution in [0.2, 0.25) is 0 Å². The number of hydrogen-bond acceptors (Lipinski definition) is 4. The second-order valence-corrected chi connectivity index (χ2v) is 4.19.